The van der Waals surface area contributed by atoms with Gasteiger partial charge in [0, 0.05) is 35.9 Å². The van der Waals surface area contributed by atoms with E-state index in [9.17, 15) is 0 Å². The van der Waals surface area contributed by atoms with Crippen LogP contribution in [0, 0.1) is 0 Å². The molecule has 0 aliphatic carbocycles. The molecule has 1 heterocycles. The van der Waals surface area contributed by atoms with Crippen molar-refractivity contribution in [2.24, 2.45) is 5.73 Å². The van der Waals surface area contributed by atoms with Crippen LogP contribution in [-0.4, -0.2) is 31.3 Å². The molecule has 0 saturated carbocycles. The Labute approximate surface area is 128 Å². The van der Waals surface area contributed by atoms with Crippen molar-refractivity contribution in [2.75, 3.05) is 25.1 Å². The second-order valence-electron chi connectivity index (χ2n) is 4.89. The largest absolute Gasteiger partial charge is 0.389 e. The van der Waals surface area contributed by atoms with Crippen LogP contribution in [0.4, 0.5) is 5.69 Å². The van der Waals surface area contributed by atoms with Gasteiger partial charge in [-0.1, -0.05) is 28.1 Å². The molecule has 0 spiro atoms. The number of anilines is 1. The first kappa shape index (κ1) is 14.8. The molecule has 0 aromatic heterocycles. The lowest BCUT2D eigenvalue weighted by atomic mass is 10.1. The molecule has 1 fully saturated rings. The smallest absolute Gasteiger partial charge is 0.106 e. The number of thiocarbonyl (C=S) groups is 1. The summed E-state index contributed by atoms with van der Waals surface area (Å²) in [5.41, 5.74) is 7.76. The monoisotopic (exact) mass is 342 g/mol. The number of hydrogen-bond donors (Lipinski definition) is 1. The number of halogens is 1. The van der Waals surface area contributed by atoms with Gasteiger partial charge < -0.3 is 15.4 Å². The number of benzene rings is 1. The fourth-order valence-electron chi connectivity index (χ4n) is 2.38. The highest BCUT2D eigenvalue weighted by Crippen LogP contribution is 2.26. The van der Waals surface area contributed by atoms with Crippen molar-refractivity contribution in [3.8, 4) is 0 Å². The standard InChI is InChI=1S/C14H19BrN2OS/c1-17(9-11-4-2-3-7-18-11)13-8-10(15)5-6-12(13)14(16)19/h5-6,8,11H,2-4,7,9H2,1H3,(H2,16,19). The first-order valence-corrected chi connectivity index (χ1v) is 7.70. The van der Waals surface area contributed by atoms with Crippen LogP contribution in [-0.2, 0) is 4.74 Å². The molecule has 0 bridgehead atoms. The number of likely N-dealkylation sites (N-methyl/N-ethyl adjacent to an activating group) is 1. The van der Waals surface area contributed by atoms with Gasteiger partial charge in [0.25, 0.3) is 0 Å². The fourth-order valence-corrected chi connectivity index (χ4v) is 2.91. The van der Waals surface area contributed by atoms with Gasteiger partial charge in [0.05, 0.1) is 6.10 Å². The molecule has 1 aliphatic rings. The number of rotatable bonds is 4. The Balaban J connectivity index is 2.14. The summed E-state index contributed by atoms with van der Waals surface area (Å²) >= 11 is 8.62. The van der Waals surface area contributed by atoms with E-state index in [-0.39, 0.29) is 0 Å². The van der Waals surface area contributed by atoms with E-state index in [1.807, 2.05) is 12.1 Å². The maximum absolute atomic E-state index is 5.79. The third kappa shape index (κ3) is 3.91. The van der Waals surface area contributed by atoms with Crippen LogP contribution in [0.25, 0.3) is 0 Å². The maximum atomic E-state index is 5.79. The number of nitrogens with two attached hydrogens (primary N) is 1. The molecular formula is C14H19BrN2OS. The Morgan fingerprint density at radius 3 is 2.95 bits per heavy atom. The van der Waals surface area contributed by atoms with Crippen molar-refractivity contribution in [1.82, 2.24) is 0 Å². The van der Waals surface area contributed by atoms with Crippen LogP contribution in [0.1, 0.15) is 24.8 Å². The summed E-state index contributed by atoms with van der Waals surface area (Å²) < 4.78 is 6.81. The predicted molar refractivity (Wildman–Crippen MR) is 86.9 cm³/mol. The molecule has 5 heteroatoms. The predicted octanol–water partition coefficient (Wildman–Crippen LogP) is 3.09. The van der Waals surface area contributed by atoms with E-state index in [2.05, 4.69) is 33.9 Å². The minimum atomic E-state index is 0.303. The zero-order valence-corrected chi connectivity index (χ0v) is 13.5. The summed E-state index contributed by atoms with van der Waals surface area (Å²) in [7, 11) is 2.06. The SMILES string of the molecule is CN(CC1CCCCO1)c1cc(Br)ccc1C(N)=S. The lowest BCUT2D eigenvalue weighted by molar-refractivity contribution is 0.0216. The van der Waals surface area contributed by atoms with Crippen molar-refractivity contribution in [3.05, 3.63) is 28.2 Å². The minimum Gasteiger partial charge on any atom is -0.389 e. The summed E-state index contributed by atoms with van der Waals surface area (Å²) in [5, 5.41) is 0. The molecule has 1 aromatic carbocycles. The lowest BCUT2D eigenvalue weighted by Gasteiger charge is -2.29. The van der Waals surface area contributed by atoms with Gasteiger partial charge in [-0.15, -0.1) is 0 Å². The van der Waals surface area contributed by atoms with Crippen molar-refractivity contribution >= 4 is 38.8 Å². The second-order valence-corrected chi connectivity index (χ2v) is 6.25. The van der Waals surface area contributed by atoms with Gasteiger partial charge in [0.2, 0.25) is 0 Å². The molecule has 3 nitrogen and oxygen atoms in total. The third-order valence-electron chi connectivity index (χ3n) is 3.39. The Hall–Kier alpha value is -0.650. The molecule has 19 heavy (non-hydrogen) atoms. The Kier molecular flexibility index (Phi) is 5.19. The molecule has 1 aliphatic heterocycles. The van der Waals surface area contributed by atoms with Crippen LogP contribution in [0.2, 0.25) is 0 Å². The first-order chi connectivity index (χ1) is 9.08. The topological polar surface area (TPSA) is 38.5 Å². The fraction of sp³-hybridized carbons (Fsp3) is 0.500. The lowest BCUT2D eigenvalue weighted by Crippen LogP contribution is -2.34. The highest BCUT2D eigenvalue weighted by molar-refractivity contribution is 9.10. The normalized spacial score (nSPS) is 19.2. The van der Waals surface area contributed by atoms with Gasteiger partial charge >= 0.3 is 0 Å². The van der Waals surface area contributed by atoms with Gasteiger partial charge in [-0.2, -0.15) is 0 Å². The average molecular weight is 343 g/mol. The molecular weight excluding hydrogens is 324 g/mol. The molecule has 1 saturated heterocycles. The molecule has 104 valence electrons. The van der Waals surface area contributed by atoms with Gasteiger partial charge in [0.15, 0.2) is 0 Å². The van der Waals surface area contributed by atoms with Crippen molar-refractivity contribution in [3.63, 3.8) is 0 Å². The highest BCUT2D eigenvalue weighted by Gasteiger charge is 2.18. The number of ether oxygens (including phenoxy) is 1. The Bertz CT molecular complexity index is 461. The van der Waals surface area contributed by atoms with Gasteiger partial charge in [-0.25, -0.2) is 0 Å². The van der Waals surface area contributed by atoms with E-state index in [1.54, 1.807) is 0 Å². The van der Waals surface area contributed by atoms with Gasteiger partial charge in [-0.05, 0) is 37.5 Å². The average Bonchev–Trinajstić information content (AvgIpc) is 2.39. The van der Waals surface area contributed by atoms with Crippen molar-refractivity contribution in [1.29, 1.82) is 0 Å². The van der Waals surface area contributed by atoms with Crippen LogP contribution in [0.3, 0.4) is 0 Å². The molecule has 1 unspecified atom stereocenters. The molecule has 0 amide bonds. The zero-order chi connectivity index (χ0) is 13.8. The Morgan fingerprint density at radius 1 is 1.53 bits per heavy atom. The highest BCUT2D eigenvalue weighted by atomic mass is 79.9. The van der Waals surface area contributed by atoms with E-state index in [4.69, 9.17) is 22.7 Å². The molecule has 2 N–H and O–H groups in total. The van der Waals surface area contributed by atoms with Crippen molar-refractivity contribution < 1.29 is 4.74 Å². The number of nitrogens with zero attached hydrogens (tertiary/aromatic N) is 1. The molecule has 1 atom stereocenters. The summed E-state index contributed by atoms with van der Waals surface area (Å²) in [4.78, 5) is 2.61. The molecule has 1 aromatic rings. The Morgan fingerprint density at radius 2 is 2.32 bits per heavy atom. The summed E-state index contributed by atoms with van der Waals surface area (Å²) in [6.07, 6.45) is 3.85. The van der Waals surface area contributed by atoms with Crippen LogP contribution in [0.15, 0.2) is 22.7 Å². The summed E-state index contributed by atoms with van der Waals surface area (Å²) in [5.74, 6) is 0. The van der Waals surface area contributed by atoms with Crippen LogP contribution in [0.5, 0.6) is 0 Å². The molecule has 0 radical (unpaired) electrons. The quantitative estimate of drug-likeness (QED) is 0.853. The maximum Gasteiger partial charge on any atom is 0.106 e. The zero-order valence-electron chi connectivity index (χ0n) is 11.1. The summed E-state index contributed by atoms with van der Waals surface area (Å²) in [6, 6.07) is 5.97. The number of hydrogen-bond acceptors (Lipinski definition) is 3. The first-order valence-electron chi connectivity index (χ1n) is 6.50. The van der Waals surface area contributed by atoms with Crippen LogP contribution < -0.4 is 10.6 Å². The summed E-state index contributed by atoms with van der Waals surface area (Å²) in [6.45, 7) is 1.74. The van der Waals surface area contributed by atoms with E-state index in [0.29, 0.717) is 11.1 Å². The van der Waals surface area contributed by atoms with E-state index in [0.717, 1.165) is 35.3 Å². The second kappa shape index (κ2) is 6.68. The minimum absolute atomic E-state index is 0.303. The van der Waals surface area contributed by atoms with E-state index < -0.39 is 0 Å². The van der Waals surface area contributed by atoms with Gasteiger partial charge in [-0.3, -0.25) is 0 Å². The van der Waals surface area contributed by atoms with Gasteiger partial charge in [0.1, 0.15) is 4.99 Å². The third-order valence-corrected chi connectivity index (χ3v) is 4.10. The van der Waals surface area contributed by atoms with Crippen LogP contribution >= 0.6 is 28.1 Å². The molecule has 2 rings (SSSR count). The van der Waals surface area contributed by atoms with E-state index in [1.165, 1.54) is 12.8 Å². The van der Waals surface area contributed by atoms with Crippen molar-refractivity contribution in [2.45, 2.75) is 25.4 Å². The van der Waals surface area contributed by atoms with E-state index >= 15 is 0 Å².